The minimum absolute atomic E-state index is 0.0706. The van der Waals surface area contributed by atoms with Crippen LogP contribution in [-0.2, 0) is 6.42 Å². The zero-order chi connectivity index (χ0) is 15.3. The Bertz CT molecular complexity index is 403. The fourth-order valence-electron chi connectivity index (χ4n) is 3.33. The Balaban J connectivity index is 2.94. The standard InChI is InChI=1S/C18H32N2/c1-7-18(6,20(8-2)9-3)17(19)13-16-11-14(4)10-15(5)12-16/h10-12,17H,7-9,13,19H2,1-6H3. The van der Waals surface area contributed by atoms with E-state index >= 15 is 0 Å². The molecule has 20 heavy (non-hydrogen) atoms. The number of rotatable bonds is 7. The number of nitrogens with zero attached hydrogens (tertiary/aromatic N) is 1. The molecule has 0 fully saturated rings. The van der Waals surface area contributed by atoms with Gasteiger partial charge in [-0.15, -0.1) is 0 Å². The quantitative estimate of drug-likeness (QED) is 0.823. The number of hydrogen-bond donors (Lipinski definition) is 1. The highest BCUT2D eigenvalue weighted by molar-refractivity contribution is 5.29. The van der Waals surface area contributed by atoms with Gasteiger partial charge in [0.1, 0.15) is 0 Å². The summed E-state index contributed by atoms with van der Waals surface area (Å²) in [5.74, 6) is 0. The predicted octanol–water partition coefficient (Wildman–Crippen LogP) is 3.68. The molecular weight excluding hydrogens is 244 g/mol. The summed E-state index contributed by atoms with van der Waals surface area (Å²) in [6, 6.07) is 6.92. The normalized spacial score (nSPS) is 16.2. The van der Waals surface area contributed by atoms with Gasteiger partial charge in [-0.2, -0.15) is 0 Å². The molecule has 2 heteroatoms. The molecule has 0 aliphatic carbocycles. The van der Waals surface area contributed by atoms with E-state index in [-0.39, 0.29) is 11.6 Å². The van der Waals surface area contributed by atoms with Crippen molar-refractivity contribution in [3.05, 3.63) is 34.9 Å². The molecule has 2 N–H and O–H groups in total. The van der Waals surface area contributed by atoms with Gasteiger partial charge in [-0.1, -0.05) is 50.1 Å². The summed E-state index contributed by atoms with van der Waals surface area (Å²) in [4.78, 5) is 2.50. The largest absolute Gasteiger partial charge is 0.326 e. The van der Waals surface area contributed by atoms with Crippen LogP contribution in [-0.4, -0.2) is 29.6 Å². The maximum atomic E-state index is 6.61. The molecule has 0 radical (unpaired) electrons. The molecule has 1 aromatic rings. The van der Waals surface area contributed by atoms with Gasteiger partial charge in [0.25, 0.3) is 0 Å². The molecule has 114 valence electrons. The van der Waals surface area contributed by atoms with Gasteiger partial charge in [-0.25, -0.2) is 0 Å². The van der Waals surface area contributed by atoms with Crippen LogP contribution in [0.2, 0.25) is 0 Å². The van der Waals surface area contributed by atoms with Gasteiger partial charge in [0.15, 0.2) is 0 Å². The molecule has 2 unspecified atom stereocenters. The van der Waals surface area contributed by atoms with E-state index in [4.69, 9.17) is 5.73 Å². The van der Waals surface area contributed by atoms with E-state index in [2.05, 4.69) is 64.6 Å². The molecule has 0 saturated heterocycles. The Kier molecular flexibility index (Phi) is 6.22. The lowest BCUT2D eigenvalue weighted by Crippen LogP contribution is -2.58. The Morgan fingerprint density at radius 1 is 1.05 bits per heavy atom. The van der Waals surface area contributed by atoms with Crippen molar-refractivity contribution >= 4 is 0 Å². The van der Waals surface area contributed by atoms with Gasteiger partial charge in [0.05, 0.1) is 0 Å². The molecule has 2 atom stereocenters. The lowest BCUT2D eigenvalue weighted by molar-refractivity contribution is 0.0845. The summed E-state index contributed by atoms with van der Waals surface area (Å²) in [6.45, 7) is 15.4. The second kappa shape index (κ2) is 7.24. The van der Waals surface area contributed by atoms with E-state index in [9.17, 15) is 0 Å². The van der Waals surface area contributed by atoms with Crippen LogP contribution in [0.1, 0.15) is 50.8 Å². The predicted molar refractivity (Wildman–Crippen MR) is 89.2 cm³/mol. The second-order valence-electron chi connectivity index (χ2n) is 6.19. The SMILES string of the molecule is CCN(CC)C(C)(CC)C(N)Cc1cc(C)cc(C)c1. The first-order chi connectivity index (χ1) is 9.37. The smallest absolute Gasteiger partial charge is 0.0332 e. The van der Waals surface area contributed by atoms with E-state index in [1.807, 2.05) is 0 Å². The van der Waals surface area contributed by atoms with Crippen LogP contribution in [0.15, 0.2) is 18.2 Å². The minimum Gasteiger partial charge on any atom is -0.326 e. The maximum Gasteiger partial charge on any atom is 0.0332 e. The molecule has 0 spiro atoms. The van der Waals surface area contributed by atoms with Gasteiger partial charge in [0, 0.05) is 11.6 Å². The van der Waals surface area contributed by atoms with Gasteiger partial charge >= 0.3 is 0 Å². The average molecular weight is 276 g/mol. The number of nitrogens with two attached hydrogens (primary N) is 1. The van der Waals surface area contributed by atoms with Crippen LogP contribution in [0, 0.1) is 13.8 Å². The van der Waals surface area contributed by atoms with Crippen LogP contribution in [0.4, 0.5) is 0 Å². The number of likely N-dealkylation sites (N-methyl/N-ethyl adjacent to an activating group) is 1. The number of benzene rings is 1. The van der Waals surface area contributed by atoms with Crippen molar-refractivity contribution in [3.63, 3.8) is 0 Å². The van der Waals surface area contributed by atoms with E-state index in [0.717, 1.165) is 25.9 Å². The molecular formula is C18H32N2. The first-order valence-corrected chi connectivity index (χ1v) is 7.95. The van der Waals surface area contributed by atoms with Crippen molar-refractivity contribution in [3.8, 4) is 0 Å². The lowest BCUT2D eigenvalue weighted by Gasteiger charge is -2.44. The maximum absolute atomic E-state index is 6.61. The third-order valence-electron chi connectivity index (χ3n) is 4.74. The monoisotopic (exact) mass is 276 g/mol. The van der Waals surface area contributed by atoms with Crippen LogP contribution in [0.25, 0.3) is 0 Å². The Morgan fingerprint density at radius 3 is 1.95 bits per heavy atom. The molecule has 1 rings (SSSR count). The van der Waals surface area contributed by atoms with Crippen molar-refractivity contribution in [2.45, 2.75) is 66.0 Å². The Morgan fingerprint density at radius 2 is 1.55 bits per heavy atom. The van der Waals surface area contributed by atoms with Gasteiger partial charge in [-0.05, 0) is 52.3 Å². The highest BCUT2D eigenvalue weighted by Gasteiger charge is 2.34. The molecule has 1 aromatic carbocycles. The summed E-state index contributed by atoms with van der Waals surface area (Å²) in [5, 5.41) is 0. The Labute approximate surface area is 125 Å². The van der Waals surface area contributed by atoms with Crippen LogP contribution in [0.3, 0.4) is 0 Å². The minimum atomic E-state index is 0.0706. The zero-order valence-corrected chi connectivity index (χ0v) is 14.2. The molecule has 0 saturated carbocycles. The first-order valence-electron chi connectivity index (χ1n) is 7.95. The summed E-state index contributed by atoms with van der Waals surface area (Å²) in [7, 11) is 0. The molecule has 0 aliphatic rings. The van der Waals surface area contributed by atoms with Gasteiger partial charge in [0.2, 0.25) is 0 Å². The number of hydrogen-bond acceptors (Lipinski definition) is 2. The summed E-state index contributed by atoms with van der Waals surface area (Å²) >= 11 is 0. The Hall–Kier alpha value is -0.860. The zero-order valence-electron chi connectivity index (χ0n) is 14.2. The van der Waals surface area contributed by atoms with Crippen molar-refractivity contribution < 1.29 is 0 Å². The molecule has 0 heterocycles. The van der Waals surface area contributed by atoms with E-state index < -0.39 is 0 Å². The average Bonchev–Trinajstić information content (AvgIpc) is 2.38. The fourth-order valence-corrected chi connectivity index (χ4v) is 3.33. The van der Waals surface area contributed by atoms with E-state index in [1.54, 1.807) is 0 Å². The molecule has 0 aromatic heterocycles. The van der Waals surface area contributed by atoms with Crippen LogP contribution < -0.4 is 5.73 Å². The van der Waals surface area contributed by atoms with E-state index in [1.165, 1.54) is 16.7 Å². The van der Waals surface area contributed by atoms with Crippen molar-refractivity contribution in [1.82, 2.24) is 4.90 Å². The number of aryl methyl sites for hydroxylation is 2. The first kappa shape index (κ1) is 17.2. The summed E-state index contributed by atoms with van der Waals surface area (Å²) in [6.07, 6.45) is 2.03. The highest BCUT2D eigenvalue weighted by atomic mass is 15.2. The highest BCUT2D eigenvalue weighted by Crippen LogP contribution is 2.25. The van der Waals surface area contributed by atoms with Crippen molar-refractivity contribution in [2.24, 2.45) is 5.73 Å². The fraction of sp³-hybridized carbons (Fsp3) is 0.667. The van der Waals surface area contributed by atoms with Crippen LogP contribution >= 0.6 is 0 Å². The molecule has 0 aliphatic heterocycles. The molecule has 0 bridgehead atoms. The van der Waals surface area contributed by atoms with E-state index in [0.29, 0.717) is 0 Å². The second-order valence-corrected chi connectivity index (χ2v) is 6.19. The van der Waals surface area contributed by atoms with Crippen molar-refractivity contribution in [2.75, 3.05) is 13.1 Å². The van der Waals surface area contributed by atoms with Crippen molar-refractivity contribution in [1.29, 1.82) is 0 Å². The molecule has 0 amide bonds. The third kappa shape index (κ3) is 3.83. The molecule has 2 nitrogen and oxygen atoms in total. The lowest BCUT2D eigenvalue weighted by atomic mass is 9.83. The summed E-state index contributed by atoms with van der Waals surface area (Å²) < 4.78 is 0. The van der Waals surface area contributed by atoms with Crippen LogP contribution in [0.5, 0.6) is 0 Å². The third-order valence-corrected chi connectivity index (χ3v) is 4.74. The van der Waals surface area contributed by atoms with Gasteiger partial charge < -0.3 is 5.73 Å². The topological polar surface area (TPSA) is 29.3 Å². The summed E-state index contributed by atoms with van der Waals surface area (Å²) in [5.41, 5.74) is 10.7. The van der Waals surface area contributed by atoms with Gasteiger partial charge in [-0.3, -0.25) is 4.90 Å².